The van der Waals surface area contributed by atoms with Crippen LogP contribution in [0.5, 0.6) is 5.75 Å². The molecule has 0 saturated heterocycles. The minimum Gasteiger partial charge on any atom is -0.482 e. The van der Waals surface area contributed by atoms with Crippen LogP contribution in [0.25, 0.3) is 0 Å². The van der Waals surface area contributed by atoms with Crippen LogP contribution in [0.2, 0.25) is 0 Å². The summed E-state index contributed by atoms with van der Waals surface area (Å²) in [4.78, 5) is 23.1. The lowest BCUT2D eigenvalue weighted by molar-refractivity contribution is -0.119. The second kappa shape index (κ2) is 7.68. The molecule has 0 spiro atoms. The molecule has 2 rings (SSSR count). The molecule has 0 bridgehead atoms. The van der Waals surface area contributed by atoms with Gasteiger partial charge in [-0.05, 0) is 24.6 Å². The molecule has 0 heterocycles. The van der Waals surface area contributed by atoms with Gasteiger partial charge in [0, 0.05) is 18.6 Å². The smallest absolute Gasteiger partial charge is 0.217 e. The van der Waals surface area contributed by atoms with Crippen LogP contribution in [0.1, 0.15) is 35.8 Å². The molecule has 0 aromatic heterocycles. The van der Waals surface area contributed by atoms with Crippen molar-refractivity contribution in [1.82, 2.24) is 5.32 Å². The quantitative estimate of drug-likeness (QED) is 0.824. The molecule has 2 aromatic rings. The molecular formula is C18H17F2NO3. The monoisotopic (exact) mass is 333 g/mol. The molecule has 6 heteroatoms. The zero-order valence-corrected chi connectivity index (χ0v) is 13.3. The summed E-state index contributed by atoms with van der Waals surface area (Å²) in [5.41, 5.74) is 1.25. The molecule has 0 aliphatic rings. The van der Waals surface area contributed by atoms with Gasteiger partial charge < -0.3 is 10.1 Å². The van der Waals surface area contributed by atoms with Gasteiger partial charge in [0.25, 0.3) is 0 Å². The highest BCUT2D eigenvalue weighted by atomic mass is 19.1. The number of amides is 1. The van der Waals surface area contributed by atoms with Gasteiger partial charge in [-0.25, -0.2) is 8.78 Å². The van der Waals surface area contributed by atoms with Crippen molar-refractivity contribution in [3.8, 4) is 5.75 Å². The van der Waals surface area contributed by atoms with Gasteiger partial charge in [-0.15, -0.1) is 0 Å². The molecule has 0 aliphatic carbocycles. The van der Waals surface area contributed by atoms with Gasteiger partial charge in [0.15, 0.2) is 24.0 Å². The molecular weight excluding hydrogens is 316 g/mol. The van der Waals surface area contributed by atoms with Crippen molar-refractivity contribution in [2.45, 2.75) is 19.9 Å². The summed E-state index contributed by atoms with van der Waals surface area (Å²) in [6.45, 7) is 2.90. The summed E-state index contributed by atoms with van der Waals surface area (Å²) in [6, 6.07) is 9.39. The molecule has 0 fully saturated rings. The van der Waals surface area contributed by atoms with E-state index in [0.717, 1.165) is 17.7 Å². The van der Waals surface area contributed by atoms with Crippen LogP contribution in [-0.2, 0) is 4.79 Å². The van der Waals surface area contributed by atoms with Crippen LogP contribution in [0.3, 0.4) is 0 Å². The predicted octanol–water partition coefficient (Wildman–Crippen LogP) is 3.42. The van der Waals surface area contributed by atoms with E-state index in [1.807, 2.05) is 6.92 Å². The molecule has 24 heavy (non-hydrogen) atoms. The van der Waals surface area contributed by atoms with Crippen LogP contribution in [0.4, 0.5) is 8.78 Å². The fourth-order valence-corrected chi connectivity index (χ4v) is 2.16. The van der Waals surface area contributed by atoms with Crippen LogP contribution < -0.4 is 10.1 Å². The third kappa shape index (κ3) is 4.62. The van der Waals surface area contributed by atoms with Crippen LogP contribution in [0.15, 0.2) is 42.5 Å². The lowest BCUT2D eigenvalue weighted by Crippen LogP contribution is -2.23. The van der Waals surface area contributed by atoms with E-state index in [9.17, 15) is 18.4 Å². The average molecular weight is 333 g/mol. The number of ketones is 1. The lowest BCUT2D eigenvalue weighted by atomic mass is 10.0. The fourth-order valence-electron chi connectivity index (χ4n) is 2.16. The number of carbonyl (C=O) groups excluding carboxylic acids is 2. The largest absolute Gasteiger partial charge is 0.482 e. The second-order valence-electron chi connectivity index (χ2n) is 5.33. The van der Waals surface area contributed by atoms with Crippen molar-refractivity contribution < 1.29 is 23.1 Å². The standard InChI is InChI=1S/C18H17F2NO3/c1-11(21-12(2)22)13-3-5-14(6-4-13)17(23)10-24-18-8-7-15(19)9-16(18)20/h3-9,11H,10H2,1-2H3,(H,21,22)/t11-/m1/s1. The number of nitrogens with one attached hydrogen (secondary N) is 1. The van der Waals surface area contributed by atoms with E-state index in [4.69, 9.17) is 4.74 Å². The van der Waals surface area contributed by atoms with Crippen molar-refractivity contribution in [3.05, 3.63) is 65.2 Å². The van der Waals surface area contributed by atoms with E-state index in [1.54, 1.807) is 24.3 Å². The first-order valence-corrected chi connectivity index (χ1v) is 7.35. The van der Waals surface area contributed by atoms with Crippen molar-refractivity contribution >= 4 is 11.7 Å². The van der Waals surface area contributed by atoms with Gasteiger partial charge in [0.05, 0.1) is 6.04 Å². The Bertz CT molecular complexity index is 744. The molecule has 0 aliphatic heterocycles. The Kier molecular flexibility index (Phi) is 5.63. The maximum Gasteiger partial charge on any atom is 0.217 e. The van der Waals surface area contributed by atoms with Crippen molar-refractivity contribution in [3.63, 3.8) is 0 Å². The molecule has 1 N–H and O–H groups in total. The number of rotatable bonds is 6. The van der Waals surface area contributed by atoms with Gasteiger partial charge in [-0.3, -0.25) is 9.59 Å². The van der Waals surface area contributed by atoms with Crippen molar-refractivity contribution in [2.24, 2.45) is 0 Å². The first-order chi connectivity index (χ1) is 11.4. The van der Waals surface area contributed by atoms with E-state index >= 15 is 0 Å². The van der Waals surface area contributed by atoms with E-state index in [1.165, 1.54) is 6.92 Å². The van der Waals surface area contributed by atoms with Crippen LogP contribution in [0, 0.1) is 11.6 Å². The summed E-state index contributed by atoms with van der Waals surface area (Å²) in [7, 11) is 0. The highest BCUT2D eigenvalue weighted by Crippen LogP contribution is 2.18. The van der Waals surface area contributed by atoms with Crippen LogP contribution in [-0.4, -0.2) is 18.3 Å². The molecule has 0 radical (unpaired) electrons. The Balaban J connectivity index is 1.98. The molecule has 1 atom stereocenters. The molecule has 1 amide bonds. The van der Waals surface area contributed by atoms with Crippen molar-refractivity contribution in [2.75, 3.05) is 6.61 Å². The summed E-state index contributed by atoms with van der Waals surface area (Å²) < 4.78 is 31.3. The Morgan fingerprint density at radius 3 is 2.38 bits per heavy atom. The number of benzene rings is 2. The molecule has 126 valence electrons. The van der Waals surface area contributed by atoms with Gasteiger partial charge in [-0.1, -0.05) is 24.3 Å². The predicted molar refractivity (Wildman–Crippen MR) is 84.9 cm³/mol. The second-order valence-corrected chi connectivity index (χ2v) is 5.33. The maximum absolute atomic E-state index is 13.4. The molecule has 0 unspecified atom stereocenters. The normalized spacial score (nSPS) is 11.7. The zero-order chi connectivity index (χ0) is 17.7. The molecule has 0 saturated carbocycles. The number of Topliss-reactive ketones (excluding diaryl/α,β-unsaturated/α-hetero) is 1. The maximum atomic E-state index is 13.4. The summed E-state index contributed by atoms with van der Waals surface area (Å²) >= 11 is 0. The highest BCUT2D eigenvalue weighted by molar-refractivity contribution is 5.97. The summed E-state index contributed by atoms with van der Waals surface area (Å²) in [5.74, 6) is -2.23. The Labute approximate surface area is 138 Å². The number of halogens is 2. The minimum atomic E-state index is -0.859. The Morgan fingerprint density at radius 2 is 1.79 bits per heavy atom. The third-order valence-electron chi connectivity index (χ3n) is 3.41. The van der Waals surface area contributed by atoms with E-state index in [0.29, 0.717) is 11.6 Å². The summed E-state index contributed by atoms with van der Waals surface area (Å²) in [6.07, 6.45) is 0. The number of hydrogen-bond acceptors (Lipinski definition) is 3. The SMILES string of the molecule is CC(=O)N[C@H](C)c1ccc(C(=O)COc2ccc(F)cc2F)cc1. The van der Waals surface area contributed by atoms with Gasteiger partial charge in [-0.2, -0.15) is 0 Å². The van der Waals surface area contributed by atoms with E-state index in [2.05, 4.69) is 5.32 Å². The Hall–Kier alpha value is -2.76. The van der Waals surface area contributed by atoms with Gasteiger partial charge in [0.1, 0.15) is 5.82 Å². The lowest BCUT2D eigenvalue weighted by Gasteiger charge is -2.13. The third-order valence-corrected chi connectivity index (χ3v) is 3.41. The van der Waals surface area contributed by atoms with E-state index in [-0.39, 0.29) is 30.1 Å². The van der Waals surface area contributed by atoms with Gasteiger partial charge in [0.2, 0.25) is 5.91 Å². The topological polar surface area (TPSA) is 55.4 Å². The molecule has 4 nitrogen and oxygen atoms in total. The van der Waals surface area contributed by atoms with E-state index < -0.39 is 11.6 Å². The Morgan fingerprint density at radius 1 is 1.12 bits per heavy atom. The van der Waals surface area contributed by atoms with Crippen molar-refractivity contribution in [1.29, 1.82) is 0 Å². The zero-order valence-electron chi connectivity index (χ0n) is 13.3. The number of ether oxygens (including phenoxy) is 1. The van der Waals surface area contributed by atoms with Crippen LogP contribution >= 0.6 is 0 Å². The fraction of sp³-hybridized carbons (Fsp3) is 0.222. The van der Waals surface area contributed by atoms with Gasteiger partial charge >= 0.3 is 0 Å². The first kappa shape index (κ1) is 17.6. The number of hydrogen-bond donors (Lipinski definition) is 1. The first-order valence-electron chi connectivity index (χ1n) is 7.35. The summed E-state index contributed by atoms with van der Waals surface area (Å²) in [5, 5.41) is 2.74. The average Bonchev–Trinajstić information content (AvgIpc) is 2.53. The minimum absolute atomic E-state index is 0.141. The number of carbonyl (C=O) groups is 2. The highest BCUT2D eigenvalue weighted by Gasteiger charge is 2.12. The molecule has 2 aromatic carbocycles.